The van der Waals surface area contributed by atoms with E-state index in [1.165, 1.54) is 48.6 Å². The van der Waals surface area contributed by atoms with Gasteiger partial charge in [-0.3, -0.25) is 0 Å². The number of aromatic nitrogens is 12. The topological polar surface area (TPSA) is 256 Å². The van der Waals surface area contributed by atoms with Crippen molar-refractivity contribution in [2.75, 3.05) is 26.4 Å². The van der Waals surface area contributed by atoms with Gasteiger partial charge < -0.3 is 48.0 Å². The number of hydrogen-bond donors (Lipinski definition) is 4. The summed E-state index contributed by atoms with van der Waals surface area (Å²) in [6.07, 6.45) is 40.0. The number of nitrogens with one attached hydrogen (secondary N) is 4. The molecule has 20 heteroatoms. The molecule has 12 rings (SSSR count). The Bertz CT molecular complexity index is 4660. The lowest BCUT2D eigenvalue weighted by Gasteiger charge is -2.07. The number of carbonyl (C=O) groups is 4. The van der Waals surface area contributed by atoms with E-state index in [0.29, 0.717) is 146 Å². The zero-order valence-electron chi connectivity index (χ0n) is 50.0. The summed E-state index contributed by atoms with van der Waals surface area (Å²) < 4.78 is 25.5. The van der Waals surface area contributed by atoms with Gasteiger partial charge >= 0.3 is 23.9 Å². The van der Waals surface area contributed by atoms with Gasteiger partial charge in [-0.25, -0.2) is 49.1 Å². The Morgan fingerprint density at radius 3 is 0.859 bits per heavy atom. The summed E-state index contributed by atoms with van der Waals surface area (Å²) in [5.74, 6) is -1.19. The second-order valence-corrected chi connectivity index (χ2v) is 20.9. The van der Waals surface area contributed by atoms with Crippen LogP contribution in [-0.2, 0) is 52.2 Å². The molecule has 0 spiro atoms. The Labute approximate surface area is 526 Å². The maximum Gasteiger partial charge on any atom is 0.331 e. The fourth-order valence-electron chi connectivity index (χ4n) is 10.8. The van der Waals surface area contributed by atoms with Gasteiger partial charge in [0.25, 0.3) is 0 Å². The fraction of sp³-hybridized carbons (Fsp3) is 0.0833. The van der Waals surface area contributed by atoms with Crippen molar-refractivity contribution in [3.8, 4) is 33.9 Å². The molecule has 4 N–H and O–H groups in total. The molecule has 0 amide bonds. The van der Waals surface area contributed by atoms with E-state index in [1.807, 2.05) is 133 Å². The second kappa shape index (κ2) is 26.4. The van der Waals surface area contributed by atoms with E-state index in [4.69, 9.17) is 48.9 Å². The van der Waals surface area contributed by atoms with E-state index in [0.717, 1.165) is 0 Å². The van der Waals surface area contributed by atoms with E-state index in [-0.39, 0.29) is 26.4 Å². The second-order valence-electron chi connectivity index (χ2n) is 20.9. The number of hydrogen-bond acceptors (Lipinski definition) is 14. The SMILES string of the molecule is C=CCOC(=O)/C=C/c1c2nc(c(-c3nccn3C)c3ccc([nH]3)c(/C=C/C(=O)OCC=C)c3nc(c(-c4c5nc(c(/C=C/C(=O)OCC=C)c6ccc([nH]6)c(-c6nccn6C)c6nc(c(/C=C/C(=O)OCC=C)c7ccc4[nH]7)C=C6)C=C5)c4ccc1[nH]4)C=C3)C=C2. The van der Waals surface area contributed by atoms with E-state index in [2.05, 4.69) is 46.3 Å². The molecule has 8 aromatic heterocycles. The van der Waals surface area contributed by atoms with E-state index < -0.39 is 23.9 Å². The molecule has 454 valence electrons. The molecule has 0 aliphatic carbocycles. The number of rotatable bonds is 19. The molecule has 0 aromatic carbocycles. The summed E-state index contributed by atoms with van der Waals surface area (Å²) in [6.45, 7) is 14.8. The lowest BCUT2D eigenvalue weighted by Crippen LogP contribution is -1.99. The van der Waals surface area contributed by atoms with Crippen molar-refractivity contribution < 1.29 is 38.1 Å². The maximum atomic E-state index is 13.3. The van der Waals surface area contributed by atoms with E-state index in [9.17, 15) is 19.2 Å². The molecule has 0 radical (unpaired) electrons. The minimum Gasteiger partial charge on any atom is -0.458 e. The number of imidazole rings is 2. The number of H-pyrrole nitrogens is 4. The number of aryl methyl sites for hydroxylation is 2. The third kappa shape index (κ3) is 12.3. The number of aromatic amines is 4. The minimum absolute atomic E-state index is 0.000733. The first-order valence-corrected chi connectivity index (χ1v) is 29.0. The lowest BCUT2D eigenvalue weighted by molar-refractivity contribution is -0.137. The zero-order chi connectivity index (χ0) is 63.8. The Hall–Kier alpha value is -12.6. The van der Waals surface area contributed by atoms with E-state index >= 15 is 0 Å². The summed E-state index contributed by atoms with van der Waals surface area (Å²) >= 11 is 0. The van der Waals surface area contributed by atoms with Gasteiger partial charge in [-0.15, -0.1) is 0 Å². The zero-order valence-corrected chi connectivity index (χ0v) is 50.0. The highest BCUT2D eigenvalue weighted by Gasteiger charge is 2.24. The van der Waals surface area contributed by atoms with Crippen LogP contribution in [0.25, 0.3) is 151 Å². The van der Waals surface area contributed by atoms with Crippen molar-refractivity contribution in [1.29, 1.82) is 0 Å². The van der Waals surface area contributed by atoms with Gasteiger partial charge in [-0.05, 0) is 121 Å². The molecule has 4 aliphatic rings. The number of fused-ring (bicyclic) bond motifs is 16. The summed E-state index contributed by atoms with van der Waals surface area (Å²) in [5.41, 5.74) is 13.1. The summed E-state index contributed by atoms with van der Waals surface area (Å²) in [5, 5.41) is 0. The van der Waals surface area contributed by atoms with Gasteiger partial charge in [0.1, 0.15) is 38.1 Å². The molecule has 0 fully saturated rings. The minimum atomic E-state index is -0.602. The highest BCUT2D eigenvalue weighted by atomic mass is 16.5. The lowest BCUT2D eigenvalue weighted by atomic mass is 10.0. The summed E-state index contributed by atoms with van der Waals surface area (Å²) in [4.78, 5) is 98.8. The van der Waals surface area contributed by atoms with Gasteiger partial charge in [0.05, 0.1) is 67.7 Å². The van der Waals surface area contributed by atoms with E-state index in [1.54, 1.807) is 36.7 Å². The first kappa shape index (κ1) is 59.7. The maximum absolute atomic E-state index is 13.3. The first-order chi connectivity index (χ1) is 44.9. The molecule has 8 aromatic rings. The first-order valence-electron chi connectivity index (χ1n) is 29.0. The average molecular weight is 1220 g/mol. The molecule has 4 aliphatic heterocycles. The molecule has 12 heterocycles. The Morgan fingerprint density at radius 1 is 0.370 bits per heavy atom. The predicted molar refractivity (Wildman–Crippen MR) is 362 cm³/mol. The molecule has 20 nitrogen and oxygen atoms in total. The van der Waals surface area contributed by atoms with Crippen molar-refractivity contribution >= 4 is 141 Å². The smallest absolute Gasteiger partial charge is 0.331 e. The molecular weight excluding hydrogens is 1160 g/mol. The Kier molecular flexibility index (Phi) is 17.1. The summed E-state index contributed by atoms with van der Waals surface area (Å²) in [6, 6.07) is 15.2. The molecule has 0 unspecified atom stereocenters. The van der Waals surface area contributed by atoms with Crippen LogP contribution in [0, 0.1) is 0 Å². The third-order valence-electron chi connectivity index (χ3n) is 14.9. The largest absolute Gasteiger partial charge is 0.458 e. The van der Waals surface area contributed by atoms with Crippen LogP contribution >= 0.6 is 0 Å². The standard InChI is InChI=1S/C72H58N12O8/c1-7-39-89-63(85)31-11-43-47-15-23-55(75-47)67(56-24-16-48(76-56)44(12-32-64(86)90-40-8-2)52-20-28-60(80-52)69(59-27-19-51(43)79-59)71-73-35-37-83(71)5)68-57-25-17-49(77-57)45(13-33-65(87)91-41-9-3)53-21-29-61(81-53)70(72-74-36-38-84(72)6)62-30-22-54(82-62)46(50-18-26-58(68)78-50)14-34-66(88)92-42-10-4/h7-38,75,77,80,82H,1-4,39-42H2,5-6H3/b31-11+,32-12+,33-13+,34-14+,47-43?,48-44?,49-45?,50-46?,51-43?,52-44?,53-45?,54-46?,67-55?,67-56?,68-57?,68-58?,69-59?,69-60?,70-61?,70-62?. The van der Waals surface area contributed by atoms with Gasteiger partial charge in [0, 0.05) is 130 Å². The third-order valence-corrected chi connectivity index (χ3v) is 14.9. The van der Waals surface area contributed by atoms with Crippen LogP contribution in [0.2, 0.25) is 0 Å². The molecule has 16 bridgehead atoms. The van der Waals surface area contributed by atoms with Crippen LogP contribution < -0.4 is 0 Å². The molecular formula is C72H58N12O8. The van der Waals surface area contributed by atoms with Crippen LogP contribution in [0.5, 0.6) is 0 Å². The van der Waals surface area contributed by atoms with Crippen LogP contribution in [0.3, 0.4) is 0 Å². The monoisotopic (exact) mass is 1220 g/mol. The summed E-state index contributed by atoms with van der Waals surface area (Å²) in [7, 11) is 3.78. The average Bonchev–Trinajstić information content (AvgIpc) is 1.65. The highest BCUT2D eigenvalue weighted by Crippen LogP contribution is 2.40. The van der Waals surface area contributed by atoms with Gasteiger partial charge in [0.15, 0.2) is 0 Å². The van der Waals surface area contributed by atoms with Crippen molar-refractivity contribution in [2.24, 2.45) is 14.1 Å². The van der Waals surface area contributed by atoms with Crippen LogP contribution in [0.4, 0.5) is 0 Å². The Morgan fingerprint density at radius 2 is 0.609 bits per heavy atom. The molecule has 0 atom stereocenters. The molecule has 92 heavy (non-hydrogen) atoms. The quantitative estimate of drug-likeness (QED) is 0.0254. The van der Waals surface area contributed by atoms with Crippen molar-refractivity contribution in [1.82, 2.24) is 59.0 Å². The van der Waals surface area contributed by atoms with Crippen LogP contribution in [-0.4, -0.2) is 109 Å². The molecule has 0 saturated heterocycles. The number of nitrogens with zero attached hydrogens (tertiary/aromatic N) is 8. The Balaban J connectivity index is 1.25. The van der Waals surface area contributed by atoms with Gasteiger partial charge in [0.2, 0.25) is 0 Å². The normalized spacial score (nSPS) is 12.4. The van der Waals surface area contributed by atoms with Crippen LogP contribution in [0.15, 0.2) is 148 Å². The highest BCUT2D eigenvalue weighted by molar-refractivity contribution is 6.04. The fourth-order valence-corrected chi connectivity index (χ4v) is 10.8. The molecule has 0 saturated carbocycles. The van der Waals surface area contributed by atoms with Gasteiger partial charge in [-0.2, -0.15) is 0 Å². The van der Waals surface area contributed by atoms with Crippen LogP contribution in [0.1, 0.15) is 67.8 Å². The van der Waals surface area contributed by atoms with Gasteiger partial charge in [-0.1, -0.05) is 50.6 Å². The number of ether oxygens (including phenoxy) is 4. The number of carbonyl (C=O) groups excluding carboxylic acids is 4. The van der Waals surface area contributed by atoms with Crippen molar-refractivity contribution in [2.45, 2.75) is 0 Å². The number of esters is 4. The van der Waals surface area contributed by atoms with Crippen molar-refractivity contribution in [3.63, 3.8) is 0 Å². The predicted octanol–water partition coefficient (Wildman–Crippen LogP) is 13.1. The van der Waals surface area contributed by atoms with Crippen molar-refractivity contribution in [3.05, 3.63) is 216 Å².